The Hall–Kier alpha value is -2.36. The number of carbonyl (C=O) groups excluding carboxylic acids is 1. The zero-order chi connectivity index (χ0) is 31.3. The number of unbranched alkanes of at least 4 members (excludes halogenated alkanes) is 2. The van der Waals surface area contributed by atoms with E-state index in [9.17, 15) is 34.5 Å². The molecule has 1 aliphatic heterocycles. The lowest BCUT2D eigenvalue weighted by Crippen LogP contribution is -2.49. The number of nitrogens with zero attached hydrogens (tertiary/aromatic N) is 4. The average Bonchev–Trinajstić information content (AvgIpc) is 2.90. The number of nitrogens with one attached hydrogen (secondary N) is 2. The second kappa shape index (κ2) is 22.2. The van der Waals surface area contributed by atoms with Crippen molar-refractivity contribution in [1.29, 1.82) is 0 Å². The van der Waals surface area contributed by atoms with Gasteiger partial charge in [0.2, 0.25) is 5.91 Å². The molecule has 0 aromatic carbocycles. The molecule has 14 heteroatoms. The molecule has 7 N–H and O–H groups in total. The summed E-state index contributed by atoms with van der Waals surface area (Å²) in [5, 5.41) is 34.3. The van der Waals surface area contributed by atoms with E-state index in [1.54, 1.807) is 14.7 Å². The molecule has 14 nitrogen and oxygen atoms in total. The van der Waals surface area contributed by atoms with Crippen LogP contribution >= 0.6 is 0 Å². The van der Waals surface area contributed by atoms with Crippen LogP contribution in [0.2, 0.25) is 0 Å². The molecule has 0 aromatic heterocycles. The van der Waals surface area contributed by atoms with Gasteiger partial charge in [0.25, 0.3) is 0 Å². The van der Waals surface area contributed by atoms with Gasteiger partial charge in [0.1, 0.15) is 0 Å². The Kier molecular flexibility index (Phi) is 19.9. The number of hydrogen-bond acceptors (Lipinski definition) is 10. The molecule has 0 spiro atoms. The van der Waals surface area contributed by atoms with Gasteiger partial charge < -0.3 is 31.7 Å². The van der Waals surface area contributed by atoms with E-state index in [4.69, 9.17) is 5.73 Å². The Labute approximate surface area is 250 Å². The second-order valence-electron chi connectivity index (χ2n) is 11.6. The highest BCUT2D eigenvalue weighted by molar-refractivity contribution is 5.81. The third kappa shape index (κ3) is 19.7. The molecule has 0 aliphatic carbocycles. The van der Waals surface area contributed by atoms with Crippen LogP contribution in [-0.2, 0) is 19.2 Å². The first kappa shape index (κ1) is 37.7. The van der Waals surface area contributed by atoms with Crippen molar-refractivity contribution in [2.24, 2.45) is 11.7 Å². The van der Waals surface area contributed by atoms with Crippen molar-refractivity contribution in [2.45, 2.75) is 58.4 Å². The number of rotatable bonds is 19. The summed E-state index contributed by atoms with van der Waals surface area (Å²) in [5.41, 5.74) is 6.06. The van der Waals surface area contributed by atoms with Gasteiger partial charge in [0.15, 0.2) is 0 Å². The molecule has 0 bridgehead atoms. The molecular weight excluding hydrogens is 546 g/mol. The van der Waals surface area contributed by atoms with Crippen LogP contribution in [0.5, 0.6) is 0 Å². The Bertz CT molecular complexity index is 771. The second-order valence-corrected chi connectivity index (χ2v) is 11.6. The highest BCUT2D eigenvalue weighted by Crippen LogP contribution is 2.06. The fraction of sp³-hybridized carbons (Fsp3) is 0.857. The van der Waals surface area contributed by atoms with Gasteiger partial charge >= 0.3 is 17.9 Å². The summed E-state index contributed by atoms with van der Waals surface area (Å²) in [5.74, 6) is -2.30. The van der Waals surface area contributed by atoms with E-state index in [-0.39, 0.29) is 25.5 Å². The summed E-state index contributed by atoms with van der Waals surface area (Å²) < 4.78 is 0. The van der Waals surface area contributed by atoms with E-state index in [0.717, 1.165) is 38.6 Å². The molecule has 1 saturated heterocycles. The van der Waals surface area contributed by atoms with Crippen LogP contribution in [0.25, 0.3) is 0 Å². The van der Waals surface area contributed by atoms with E-state index < -0.39 is 23.9 Å². The molecule has 0 radical (unpaired) electrons. The molecule has 0 aromatic rings. The number of amides is 1. The minimum Gasteiger partial charge on any atom is -0.480 e. The van der Waals surface area contributed by atoms with Gasteiger partial charge in [-0.05, 0) is 31.7 Å². The van der Waals surface area contributed by atoms with Gasteiger partial charge in [0.05, 0.1) is 25.7 Å². The number of nitrogens with two attached hydrogens (primary N) is 1. The van der Waals surface area contributed by atoms with Crippen molar-refractivity contribution < 1.29 is 34.5 Å². The summed E-state index contributed by atoms with van der Waals surface area (Å²) in [7, 11) is 0. The maximum atomic E-state index is 12.2. The van der Waals surface area contributed by atoms with E-state index in [0.29, 0.717) is 77.9 Å². The number of carboxylic acid groups (broad SMARTS) is 3. The number of hydrogen-bond donors (Lipinski definition) is 6. The van der Waals surface area contributed by atoms with Crippen LogP contribution in [0.4, 0.5) is 0 Å². The Morgan fingerprint density at radius 3 is 1.48 bits per heavy atom. The first-order valence-corrected chi connectivity index (χ1v) is 15.2. The van der Waals surface area contributed by atoms with Crippen LogP contribution in [0.1, 0.15) is 52.4 Å². The average molecular weight is 602 g/mol. The lowest BCUT2D eigenvalue weighted by Gasteiger charge is -2.33. The summed E-state index contributed by atoms with van der Waals surface area (Å²) in [6, 6.07) is -0.517. The van der Waals surface area contributed by atoms with E-state index in [1.165, 1.54) is 0 Å². The lowest BCUT2D eigenvalue weighted by atomic mass is 10.1. The zero-order valence-corrected chi connectivity index (χ0v) is 25.6. The van der Waals surface area contributed by atoms with Crippen molar-refractivity contribution in [1.82, 2.24) is 30.2 Å². The normalized spacial score (nSPS) is 17.8. The molecule has 42 heavy (non-hydrogen) atoms. The van der Waals surface area contributed by atoms with Gasteiger partial charge in [0, 0.05) is 65.6 Å². The topological polar surface area (TPSA) is 192 Å². The van der Waals surface area contributed by atoms with E-state index >= 15 is 0 Å². The minimum atomic E-state index is -0.980. The molecule has 1 rings (SSSR count). The van der Waals surface area contributed by atoms with E-state index in [1.807, 2.05) is 0 Å². The highest BCUT2D eigenvalue weighted by atomic mass is 16.4. The van der Waals surface area contributed by atoms with Gasteiger partial charge in [-0.15, -0.1) is 0 Å². The third-order valence-electron chi connectivity index (χ3n) is 7.30. The van der Waals surface area contributed by atoms with Gasteiger partial charge in [-0.2, -0.15) is 0 Å². The summed E-state index contributed by atoms with van der Waals surface area (Å²) in [6.45, 7) is 9.48. The van der Waals surface area contributed by atoms with E-state index in [2.05, 4.69) is 29.4 Å². The molecule has 1 aliphatic rings. The first-order valence-electron chi connectivity index (χ1n) is 15.2. The maximum absolute atomic E-state index is 12.2. The van der Waals surface area contributed by atoms with Crippen LogP contribution < -0.4 is 16.4 Å². The van der Waals surface area contributed by atoms with Crippen molar-refractivity contribution in [3.05, 3.63) is 0 Å². The van der Waals surface area contributed by atoms with Crippen molar-refractivity contribution >= 4 is 23.8 Å². The number of carbonyl (C=O) groups is 4. The molecule has 244 valence electrons. The molecule has 1 atom stereocenters. The predicted octanol–water partition coefficient (Wildman–Crippen LogP) is -0.551. The SMILES string of the molecule is CC(C)CCCCNC(=O)[C@H](N)CCCCNCN1CCN(CC(=O)O)CCN(CC(=O)O)CCN(CC(=O)O)CC1. The molecular formula is C28H55N7O7. The standard InChI is InChI=1S/C28H55N7O7/c1-23(2)7-3-6-10-31-28(42)24(29)8-4-5-9-30-22-35-17-15-33(20-26(38)39)13-11-32(19-25(36)37)12-14-34(16-18-35)21-27(40)41/h23-24,30H,3-22,29H2,1-2H3,(H,31,42)(H,36,37)(H,38,39)(H,40,41)/t24-/m1/s1. The van der Waals surface area contributed by atoms with Gasteiger partial charge in [-0.1, -0.05) is 33.1 Å². The third-order valence-corrected chi connectivity index (χ3v) is 7.30. The highest BCUT2D eigenvalue weighted by Gasteiger charge is 2.20. The minimum absolute atomic E-state index is 0.102. The number of carboxylic acids is 3. The monoisotopic (exact) mass is 601 g/mol. The predicted molar refractivity (Wildman–Crippen MR) is 160 cm³/mol. The molecule has 1 fully saturated rings. The van der Waals surface area contributed by atoms with Crippen molar-refractivity contribution in [2.75, 3.05) is 91.8 Å². The van der Waals surface area contributed by atoms with Gasteiger partial charge in [-0.25, -0.2) is 0 Å². The lowest BCUT2D eigenvalue weighted by molar-refractivity contribution is -0.140. The summed E-state index contributed by atoms with van der Waals surface area (Å²) in [6.07, 6.45) is 5.47. The molecule has 1 amide bonds. The summed E-state index contributed by atoms with van der Waals surface area (Å²) in [4.78, 5) is 53.8. The van der Waals surface area contributed by atoms with Crippen LogP contribution in [0.15, 0.2) is 0 Å². The first-order chi connectivity index (χ1) is 20.0. The van der Waals surface area contributed by atoms with Crippen LogP contribution in [0, 0.1) is 5.92 Å². The zero-order valence-electron chi connectivity index (χ0n) is 25.6. The van der Waals surface area contributed by atoms with Crippen molar-refractivity contribution in [3.8, 4) is 0 Å². The summed E-state index contributed by atoms with van der Waals surface area (Å²) >= 11 is 0. The molecule has 1 heterocycles. The Morgan fingerprint density at radius 2 is 1.05 bits per heavy atom. The van der Waals surface area contributed by atoms with Gasteiger partial charge in [-0.3, -0.25) is 38.8 Å². The van der Waals surface area contributed by atoms with Crippen LogP contribution in [-0.4, -0.2) is 157 Å². The van der Waals surface area contributed by atoms with Crippen LogP contribution in [0.3, 0.4) is 0 Å². The fourth-order valence-electron chi connectivity index (χ4n) is 4.79. The maximum Gasteiger partial charge on any atom is 0.317 e. The largest absolute Gasteiger partial charge is 0.480 e. The Morgan fingerprint density at radius 1 is 0.643 bits per heavy atom. The van der Waals surface area contributed by atoms with Crippen molar-refractivity contribution in [3.63, 3.8) is 0 Å². The fourth-order valence-corrected chi connectivity index (χ4v) is 4.79. The number of aliphatic carboxylic acids is 3. The smallest absolute Gasteiger partial charge is 0.317 e. The quantitative estimate of drug-likeness (QED) is 0.103. The molecule has 0 saturated carbocycles. The molecule has 0 unspecified atom stereocenters. The Balaban J connectivity index is 2.54.